The number of pyridine rings is 1. The minimum Gasteiger partial charge on any atom is -0.497 e. The number of hydrogen-bond acceptors (Lipinski definition) is 4. The number of hydrogen-bond donors (Lipinski definition) is 1. The Morgan fingerprint density at radius 3 is 2.62 bits per heavy atom. The standard InChI is InChI=1S/C26H22N4O2/c1-17-10-12-18(13-11-17)25-22-15-27-23-9-4-3-8-21(23)26(22)30(29-25)16-24(31)28-19-6-5-7-20(14-19)32-2/h3-15H,16H2,1-2H3,(H,28,31). The van der Waals surface area contributed by atoms with Crippen LogP contribution >= 0.6 is 0 Å². The van der Waals surface area contributed by atoms with Crippen LogP contribution in [0.15, 0.2) is 79.0 Å². The van der Waals surface area contributed by atoms with Gasteiger partial charge in [-0.25, -0.2) is 0 Å². The quantitative estimate of drug-likeness (QED) is 0.422. The van der Waals surface area contributed by atoms with Gasteiger partial charge in [0.05, 0.1) is 18.1 Å². The lowest BCUT2D eigenvalue weighted by atomic mass is 10.1. The van der Waals surface area contributed by atoms with E-state index in [4.69, 9.17) is 9.84 Å². The molecule has 0 fully saturated rings. The van der Waals surface area contributed by atoms with E-state index < -0.39 is 0 Å². The van der Waals surface area contributed by atoms with Gasteiger partial charge < -0.3 is 10.1 Å². The topological polar surface area (TPSA) is 69.0 Å². The normalized spacial score (nSPS) is 11.1. The molecular weight excluding hydrogens is 400 g/mol. The van der Waals surface area contributed by atoms with Gasteiger partial charge >= 0.3 is 0 Å². The molecule has 2 heterocycles. The summed E-state index contributed by atoms with van der Waals surface area (Å²) in [7, 11) is 1.60. The average Bonchev–Trinajstić information content (AvgIpc) is 3.18. The van der Waals surface area contributed by atoms with Gasteiger partial charge in [0.15, 0.2) is 0 Å². The Morgan fingerprint density at radius 1 is 1.00 bits per heavy atom. The number of nitrogens with zero attached hydrogens (tertiary/aromatic N) is 3. The predicted molar refractivity (Wildman–Crippen MR) is 127 cm³/mol. The number of methoxy groups -OCH3 is 1. The fraction of sp³-hybridized carbons (Fsp3) is 0.115. The van der Waals surface area contributed by atoms with E-state index in [1.54, 1.807) is 17.9 Å². The van der Waals surface area contributed by atoms with Crippen molar-refractivity contribution < 1.29 is 9.53 Å². The maximum Gasteiger partial charge on any atom is 0.246 e. The maximum absolute atomic E-state index is 12.9. The molecule has 0 spiro atoms. The minimum absolute atomic E-state index is 0.0770. The Balaban J connectivity index is 1.59. The largest absolute Gasteiger partial charge is 0.497 e. The number of amides is 1. The van der Waals surface area contributed by atoms with Crippen LogP contribution in [0.4, 0.5) is 5.69 Å². The highest BCUT2D eigenvalue weighted by atomic mass is 16.5. The van der Waals surface area contributed by atoms with Crippen molar-refractivity contribution in [3.63, 3.8) is 0 Å². The lowest BCUT2D eigenvalue weighted by Crippen LogP contribution is -2.19. The summed E-state index contributed by atoms with van der Waals surface area (Å²) < 4.78 is 7.01. The van der Waals surface area contributed by atoms with E-state index in [0.717, 1.165) is 33.1 Å². The van der Waals surface area contributed by atoms with Gasteiger partial charge in [0, 0.05) is 34.3 Å². The summed E-state index contributed by atoms with van der Waals surface area (Å²) in [5.41, 5.74) is 5.42. The average molecular weight is 422 g/mol. The smallest absolute Gasteiger partial charge is 0.246 e. The molecule has 1 amide bonds. The van der Waals surface area contributed by atoms with Crippen LogP contribution in [0.5, 0.6) is 5.75 Å². The molecule has 5 aromatic rings. The Bertz CT molecular complexity index is 1440. The van der Waals surface area contributed by atoms with Gasteiger partial charge in [-0.1, -0.05) is 54.1 Å². The van der Waals surface area contributed by atoms with Gasteiger partial charge in [0.1, 0.15) is 18.0 Å². The molecule has 0 aliphatic heterocycles. The van der Waals surface area contributed by atoms with Crippen molar-refractivity contribution in [2.75, 3.05) is 12.4 Å². The summed E-state index contributed by atoms with van der Waals surface area (Å²) in [6, 6.07) is 23.4. The van der Waals surface area contributed by atoms with Crippen molar-refractivity contribution in [2.45, 2.75) is 13.5 Å². The van der Waals surface area contributed by atoms with Gasteiger partial charge in [0.25, 0.3) is 0 Å². The van der Waals surface area contributed by atoms with E-state index in [0.29, 0.717) is 11.4 Å². The van der Waals surface area contributed by atoms with Crippen molar-refractivity contribution in [1.82, 2.24) is 14.8 Å². The molecule has 0 saturated heterocycles. The molecule has 0 aliphatic rings. The number of rotatable bonds is 5. The first-order valence-corrected chi connectivity index (χ1v) is 10.4. The molecule has 2 aromatic heterocycles. The Labute approximate surface area is 185 Å². The molecule has 6 nitrogen and oxygen atoms in total. The fourth-order valence-corrected chi connectivity index (χ4v) is 3.88. The number of para-hydroxylation sites is 1. The predicted octanol–water partition coefficient (Wildman–Crippen LogP) is 5.21. The number of anilines is 1. The molecule has 158 valence electrons. The molecule has 0 unspecified atom stereocenters. The van der Waals surface area contributed by atoms with E-state index in [1.807, 2.05) is 60.8 Å². The first kappa shape index (κ1) is 19.8. The lowest BCUT2D eigenvalue weighted by Gasteiger charge is -2.08. The summed E-state index contributed by atoms with van der Waals surface area (Å²) >= 11 is 0. The van der Waals surface area contributed by atoms with Gasteiger partial charge in [-0.15, -0.1) is 0 Å². The van der Waals surface area contributed by atoms with Crippen LogP contribution in [-0.4, -0.2) is 27.8 Å². The molecule has 6 heteroatoms. The third-order valence-corrected chi connectivity index (χ3v) is 5.45. The molecule has 0 saturated carbocycles. The van der Waals surface area contributed by atoms with Gasteiger partial charge in [-0.2, -0.15) is 5.10 Å². The molecule has 32 heavy (non-hydrogen) atoms. The van der Waals surface area contributed by atoms with E-state index in [9.17, 15) is 4.79 Å². The number of nitrogens with one attached hydrogen (secondary N) is 1. The second-order valence-corrected chi connectivity index (χ2v) is 7.69. The zero-order valence-electron chi connectivity index (χ0n) is 17.9. The molecule has 5 rings (SSSR count). The number of benzene rings is 3. The summed E-state index contributed by atoms with van der Waals surface area (Å²) in [6.07, 6.45) is 1.84. The van der Waals surface area contributed by atoms with Crippen LogP contribution in [0.3, 0.4) is 0 Å². The third kappa shape index (κ3) is 3.67. The summed E-state index contributed by atoms with van der Waals surface area (Å²) in [5, 5.41) is 9.67. The maximum atomic E-state index is 12.9. The molecule has 0 bridgehead atoms. The first-order valence-electron chi connectivity index (χ1n) is 10.4. The van der Waals surface area contributed by atoms with Crippen LogP contribution < -0.4 is 10.1 Å². The highest BCUT2D eigenvalue weighted by Gasteiger charge is 2.17. The number of ether oxygens (including phenoxy) is 1. The van der Waals surface area contributed by atoms with E-state index in [-0.39, 0.29) is 12.5 Å². The van der Waals surface area contributed by atoms with Crippen LogP contribution in [0.2, 0.25) is 0 Å². The second kappa shape index (κ2) is 8.15. The molecule has 1 N–H and O–H groups in total. The third-order valence-electron chi connectivity index (χ3n) is 5.45. The summed E-state index contributed by atoms with van der Waals surface area (Å²) in [4.78, 5) is 17.5. The van der Waals surface area contributed by atoms with Gasteiger partial charge in [-0.05, 0) is 25.1 Å². The molecule has 0 aliphatic carbocycles. The van der Waals surface area contributed by atoms with Crippen molar-refractivity contribution in [1.29, 1.82) is 0 Å². The Morgan fingerprint density at radius 2 is 1.81 bits per heavy atom. The number of aromatic nitrogens is 3. The van der Waals surface area contributed by atoms with Crippen LogP contribution in [0.25, 0.3) is 33.1 Å². The highest BCUT2D eigenvalue weighted by Crippen LogP contribution is 2.32. The van der Waals surface area contributed by atoms with Crippen LogP contribution in [0, 0.1) is 6.92 Å². The molecule has 3 aromatic carbocycles. The first-order chi connectivity index (χ1) is 15.6. The summed E-state index contributed by atoms with van der Waals surface area (Å²) in [6.45, 7) is 2.13. The molecule has 0 atom stereocenters. The number of carbonyl (C=O) groups excluding carboxylic acids is 1. The number of fused-ring (bicyclic) bond motifs is 3. The molecular formula is C26H22N4O2. The zero-order chi connectivity index (χ0) is 22.1. The van der Waals surface area contributed by atoms with Gasteiger partial charge in [-0.3, -0.25) is 14.5 Å². The number of carbonyl (C=O) groups is 1. The van der Waals surface area contributed by atoms with Crippen LogP contribution in [0.1, 0.15) is 5.56 Å². The van der Waals surface area contributed by atoms with E-state index in [2.05, 4.69) is 29.4 Å². The Hall–Kier alpha value is -4.19. The summed E-state index contributed by atoms with van der Waals surface area (Å²) in [5.74, 6) is 0.519. The minimum atomic E-state index is -0.168. The lowest BCUT2D eigenvalue weighted by molar-refractivity contribution is -0.116. The Kier molecular flexibility index (Phi) is 5.03. The van der Waals surface area contributed by atoms with E-state index >= 15 is 0 Å². The zero-order valence-corrected chi connectivity index (χ0v) is 17.9. The van der Waals surface area contributed by atoms with Crippen LogP contribution in [-0.2, 0) is 11.3 Å². The van der Waals surface area contributed by atoms with Crippen molar-refractivity contribution in [3.8, 4) is 17.0 Å². The van der Waals surface area contributed by atoms with Crippen molar-refractivity contribution in [3.05, 3.63) is 84.6 Å². The van der Waals surface area contributed by atoms with Crippen molar-refractivity contribution in [2.24, 2.45) is 0 Å². The number of aryl methyl sites for hydroxylation is 1. The second-order valence-electron chi connectivity index (χ2n) is 7.69. The fourth-order valence-electron chi connectivity index (χ4n) is 3.88. The highest BCUT2D eigenvalue weighted by molar-refractivity contribution is 6.08. The SMILES string of the molecule is COc1cccc(NC(=O)Cn2nc(-c3ccc(C)cc3)c3cnc4ccccc4c32)c1. The van der Waals surface area contributed by atoms with Gasteiger partial charge in [0.2, 0.25) is 5.91 Å². The van der Waals surface area contributed by atoms with Crippen molar-refractivity contribution >= 4 is 33.4 Å². The molecule has 0 radical (unpaired) electrons. The monoisotopic (exact) mass is 422 g/mol. The van der Waals surface area contributed by atoms with E-state index in [1.165, 1.54) is 5.56 Å².